The molecule has 0 aromatic carbocycles. The lowest BCUT2D eigenvalue weighted by molar-refractivity contribution is -0.134. The lowest BCUT2D eigenvalue weighted by Crippen LogP contribution is -2.55. The van der Waals surface area contributed by atoms with Crippen LogP contribution >= 0.6 is 0 Å². The van der Waals surface area contributed by atoms with Crippen LogP contribution in [0.4, 0.5) is 4.79 Å². The van der Waals surface area contributed by atoms with E-state index in [0.717, 1.165) is 6.42 Å². The van der Waals surface area contributed by atoms with E-state index in [9.17, 15) is 9.59 Å². The lowest BCUT2D eigenvalue weighted by atomic mass is 9.83. The van der Waals surface area contributed by atoms with E-state index in [4.69, 9.17) is 0 Å². The van der Waals surface area contributed by atoms with Gasteiger partial charge in [0.1, 0.15) is 0 Å². The number of imide groups is 1. The zero-order chi connectivity index (χ0) is 11.6. The Bertz CT molecular complexity index is 268. The molecule has 0 aliphatic carbocycles. The van der Waals surface area contributed by atoms with E-state index >= 15 is 0 Å². The lowest BCUT2D eigenvalue weighted by Gasteiger charge is -2.33. The minimum atomic E-state index is -0.257. The Morgan fingerprint density at radius 1 is 1.40 bits per heavy atom. The molecular weight excluding hydrogens is 192 g/mol. The Labute approximate surface area is 91.0 Å². The SMILES string of the molecule is CCN1C(=O)NCC(CC(C)(C)C)C1=O. The predicted octanol–water partition coefficient (Wildman–Crippen LogP) is 1.61. The average molecular weight is 212 g/mol. The minimum absolute atomic E-state index is 0.0313. The maximum atomic E-state index is 11.9. The number of carbonyl (C=O) groups excluding carboxylic acids is 2. The first kappa shape index (κ1) is 12.0. The van der Waals surface area contributed by atoms with E-state index in [2.05, 4.69) is 26.1 Å². The quantitative estimate of drug-likeness (QED) is 0.756. The van der Waals surface area contributed by atoms with Crippen molar-refractivity contribution >= 4 is 11.9 Å². The maximum Gasteiger partial charge on any atom is 0.324 e. The molecule has 1 atom stereocenters. The summed E-state index contributed by atoms with van der Waals surface area (Å²) >= 11 is 0. The van der Waals surface area contributed by atoms with E-state index in [1.165, 1.54) is 4.90 Å². The topological polar surface area (TPSA) is 49.4 Å². The molecule has 86 valence electrons. The van der Waals surface area contributed by atoms with Crippen LogP contribution in [0.1, 0.15) is 34.1 Å². The van der Waals surface area contributed by atoms with Crippen LogP contribution < -0.4 is 5.32 Å². The molecular formula is C11H20N2O2. The van der Waals surface area contributed by atoms with E-state index in [0.29, 0.717) is 13.1 Å². The third-order valence-corrected chi connectivity index (χ3v) is 2.54. The smallest absolute Gasteiger partial charge is 0.324 e. The van der Waals surface area contributed by atoms with Crippen LogP contribution in [0, 0.1) is 11.3 Å². The molecule has 1 unspecified atom stereocenters. The molecule has 4 nitrogen and oxygen atoms in total. The zero-order valence-electron chi connectivity index (χ0n) is 9.96. The fourth-order valence-electron chi connectivity index (χ4n) is 1.91. The van der Waals surface area contributed by atoms with E-state index in [-0.39, 0.29) is 23.3 Å². The van der Waals surface area contributed by atoms with Crippen LogP contribution in [-0.2, 0) is 4.79 Å². The van der Waals surface area contributed by atoms with Crippen LogP contribution in [0.5, 0.6) is 0 Å². The van der Waals surface area contributed by atoms with Gasteiger partial charge in [-0.2, -0.15) is 0 Å². The van der Waals surface area contributed by atoms with Crippen molar-refractivity contribution in [3.8, 4) is 0 Å². The van der Waals surface area contributed by atoms with E-state index < -0.39 is 0 Å². The van der Waals surface area contributed by atoms with Gasteiger partial charge in [-0.25, -0.2) is 4.79 Å². The highest BCUT2D eigenvalue weighted by Crippen LogP contribution is 2.26. The highest BCUT2D eigenvalue weighted by Gasteiger charge is 2.35. The third-order valence-electron chi connectivity index (χ3n) is 2.54. The van der Waals surface area contributed by atoms with Gasteiger partial charge in [0.25, 0.3) is 0 Å². The highest BCUT2D eigenvalue weighted by atomic mass is 16.2. The van der Waals surface area contributed by atoms with E-state index in [1.807, 2.05) is 6.92 Å². The van der Waals surface area contributed by atoms with Gasteiger partial charge >= 0.3 is 6.03 Å². The minimum Gasteiger partial charge on any atom is -0.337 e. The van der Waals surface area contributed by atoms with Gasteiger partial charge in [-0.1, -0.05) is 20.8 Å². The van der Waals surface area contributed by atoms with Gasteiger partial charge in [0.05, 0.1) is 5.92 Å². The molecule has 1 fully saturated rings. The van der Waals surface area contributed by atoms with Crippen LogP contribution in [0.3, 0.4) is 0 Å². The number of nitrogens with one attached hydrogen (secondary N) is 1. The Hall–Kier alpha value is -1.06. The second kappa shape index (κ2) is 4.21. The fraction of sp³-hybridized carbons (Fsp3) is 0.818. The van der Waals surface area contributed by atoms with Gasteiger partial charge in [0.15, 0.2) is 0 Å². The molecule has 0 aromatic heterocycles. The highest BCUT2D eigenvalue weighted by molar-refractivity contribution is 5.98. The Kier molecular flexibility index (Phi) is 3.37. The molecule has 4 heteroatoms. The summed E-state index contributed by atoms with van der Waals surface area (Å²) < 4.78 is 0. The molecule has 0 saturated carbocycles. The van der Waals surface area contributed by atoms with Crippen molar-refractivity contribution in [2.75, 3.05) is 13.1 Å². The van der Waals surface area contributed by atoms with Gasteiger partial charge in [0.2, 0.25) is 5.91 Å². The first-order valence-corrected chi connectivity index (χ1v) is 5.44. The molecule has 0 spiro atoms. The van der Waals surface area contributed by atoms with Crippen LogP contribution in [0.2, 0.25) is 0 Å². The molecule has 15 heavy (non-hydrogen) atoms. The van der Waals surface area contributed by atoms with Crippen LogP contribution in [-0.4, -0.2) is 29.9 Å². The molecule has 1 heterocycles. The van der Waals surface area contributed by atoms with Gasteiger partial charge < -0.3 is 5.32 Å². The van der Waals surface area contributed by atoms with Crippen LogP contribution in [0.15, 0.2) is 0 Å². The summed E-state index contributed by atoms with van der Waals surface area (Å²) in [5, 5.41) is 2.75. The number of amides is 3. The molecule has 3 amide bonds. The molecule has 1 saturated heterocycles. The van der Waals surface area contributed by atoms with Crippen molar-refractivity contribution in [3.05, 3.63) is 0 Å². The van der Waals surface area contributed by atoms with Crippen molar-refractivity contribution in [1.82, 2.24) is 10.2 Å². The van der Waals surface area contributed by atoms with Crippen molar-refractivity contribution in [3.63, 3.8) is 0 Å². The standard InChI is InChI=1S/C11H20N2O2/c1-5-13-9(14)8(6-11(2,3)4)7-12-10(13)15/h8H,5-7H2,1-4H3,(H,12,15). The second-order valence-electron chi connectivity index (χ2n) is 5.23. The number of carbonyl (C=O) groups is 2. The Morgan fingerprint density at radius 3 is 2.47 bits per heavy atom. The Morgan fingerprint density at radius 2 is 2.00 bits per heavy atom. The summed E-state index contributed by atoms with van der Waals surface area (Å²) in [4.78, 5) is 24.5. The fourth-order valence-corrected chi connectivity index (χ4v) is 1.91. The van der Waals surface area contributed by atoms with Crippen molar-refractivity contribution in [1.29, 1.82) is 0 Å². The molecule has 0 bridgehead atoms. The number of rotatable bonds is 2. The van der Waals surface area contributed by atoms with Gasteiger partial charge in [-0.05, 0) is 18.8 Å². The normalized spacial score (nSPS) is 22.9. The van der Waals surface area contributed by atoms with E-state index in [1.54, 1.807) is 0 Å². The molecule has 0 radical (unpaired) electrons. The average Bonchev–Trinajstić information content (AvgIpc) is 2.09. The maximum absolute atomic E-state index is 11.9. The second-order valence-corrected chi connectivity index (χ2v) is 5.23. The Balaban J connectivity index is 2.69. The number of hydrogen-bond acceptors (Lipinski definition) is 2. The predicted molar refractivity (Wildman–Crippen MR) is 58.3 cm³/mol. The molecule has 1 rings (SSSR count). The molecule has 1 N–H and O–H groups in total. The summed E-state index contributed by atoms with van der Waals surface area (Å²) in [5.41, 5.74) is 0.113. The monoisotopic (exact) mass is 212 g/mol. The summed E-state index contributed by atoms with van der Waals surface area (Å²) in [6, 6.07) is -0.257. The largest absolute Gasteiger partial charge is 0.337 e. The summed E-state index contributed by atoms with van der Waals surface area (Å²) in [6.45, 7) is 9.06. The summed E-state index contributed by atoms with van der Waals surface area (Å²) in [6.07, 6.45) is 0.808. The van der Waals surface area contributed by atoms with Crippen molar-refractivity contribution in [2.24, 2.45) is 11.3 Å². The zero-order valence-corrected chi connectivity index (χ0v) is 9.96. The summed E-state index contributed by atoms with van der Waals surface area (Å²) in [7, 11) is 0. The van der Waals surface area contributed by atoms with Gasteiger partial charge in [-0.15, -0.1) is 0 Å². The molecule has 1 aliphatic heterocycles. The van der Waals surface area contributed by atoms with Crippen molar-refractivity contribution in [2.45, 2.75) is 34.1 Å². The number of hydrogen-bond donors (Lipinski definition) is 1. The van der Waals surface area contributed by atoms with Crippen molar-refractivity contribution < 1.29 is 9.59 Å². The third kappa shape index (κ3) is 2.94. The molecule has 1 aliphatic rings. The van der Waals surface area contributed by atoms with Gasteiger partial charge in [-0.3, -0.25) is 9.69 Å². The number of nitrogens with zero attached hydrogens (tertiary/aromatic N) is 1. The first-order valence-electron chi connectivity index (χ1n) is 5.44. The number of urea groups is 1. The summed E-state index contributed by atoms with van der Waals surface area (Å²) in [5.74, 6) is -0.0983. The van der Waals surface area contributed by atoms with Crippen LogP contribution in [0.25, 0.3) is 0 Å². The molecule has 0 aromatic rings. The van der Waals surface area contributed by atoms with Gasteiger partial charge in [0, 0.05) is 13.1 Å². The first-order chi connectivity index (χ1) is 6.85.